The van der Waals surface area contributed by atoms with Crippen molar-refractivity contribution < 1.29 is 19.8 Å². The van der Waals surface area contributed by atoms with Crippen molar-refractivity contribution in [3.63, 3.8) is 0 Å². The smallest absolute Gasteiger partial charge is 0.317 e. The maximum Gasteiger partial charge on any atom is 0.317 e. The third-order valence-corrected chi connectivity index (χ3v) is 3.73. The summed E-state index contributed by atoms with van der Waals surface area (Å²) in [6, 6.07) is 6.78. The van der Waals surface area contributed by atoms with Crippen LogP contribution in [0.4, 0.5) is 4.79 Å². The minimum Gasteiger partial charge on any atom is -0.508 e. The van der Waals surface area contributed by atoms with Crippen LogP contribution < -0.4 is 5.32 Å². The van der Waals surface area contributed by atoms with Gasteiger partial charge in [0.2, 0.25) is 0 Å². The van der Waals surface area contributed by atoms with E-state index in [1.807, 2.05) is 6.07 Å². The van der Waals surface area contributed by atoms with Crippen molar-refractivity contribution in [3.05, 3.63) is 29.8 Å². The Morgan fingerprint density at radius 1 is 1.29 bits per heavy atom. The number of phenolic OH excluding ortho intramolecular Hbond substituents is 1. The Balaban J connectivity index is 1.72. The standard InChI is InChI=1S/C15H20N2O4/c18-13-3-1-2-11(10-13)4-7-16-15(21)17-8-5-12(6-9-17)14(19)20/h1-3,10,12,18H,4-9H2,(H,16,21)(H,19,20). The molecule has 2 rings (SSSR count). The molecular weight excluding hydrogens is 272 g/mol. The molecule has 0 aliphatic carbocycles. The lowest BCUT2D eigenvalue weighted by molar-refractivity contribution is -0.143. The Morgan fingerprint density at radius 2 is 2.00 bits per heavy atom. The van der Waals surface area contributed by atoms with Crippen LogP contribution in [-0.2, 0) is 11.2 Å². The molecule has 3 N–H and O–H groups in total. The Hall–Kier alpha value is -2.24. The third kappa shape index (κ3) is 4.37. The summed E-state index contributed by atoms with van der Waals surface area (Å²) in [6.45, 7) is 1.45. The molecule has 6 nitrogen and oxygen atoms in total. The number of piperidine rings is 1. The Labute approximate surface area is 123 Å². The maximum absolute atomic E-state index is 11.9. The van der Waals surface area contributed by atoms with Crippen LogP contribution in [-0.4, -0.2) is 46.7 Å². The summed E-state index contributed by atoms with van der Waals surface area (Å²) in [5.74, 6) is -0.894. The monoisotopic (exact) mass is 292 g/mol. The SMILES string of the molecule is O=C(O)C1CCN(C(=O)NCCc2cccc(O)c2)CC1. The summed E-state index contributed by atoms with van der Waals surface area (Å²) >= 11 is 0. The van der Waals surface area contributed by atoms with Gasteiger partial charge in [0, 0.05) is 19.6 Å². The maximum atomic E-state index is 11.9. The molecule has 0 bridgehead atoms. The molecule has 1 heterocycles. The molecule has 21 heavy (non-hydrogen) atoms. The minimum absolute atomic E-state index is 0.154. The van der Waals surface area contributed by atoms with Gasteiger partial charge in [0.05, 0.1) is 5.92 Å². The van der Waals surface area contributed by atoms with E-state index in [-0.39, 0.29) is 17.7 Å². The number of amides is 2. The van der Waals surface area contributed by atoms with E-state index in [2.05, 4.69) is 5.32 Å². The van der Waals surface area contributed by atoms with E-state index in [9.17, 15) is 14.7 Å². The van der Waals surface area contributed by atoms with E-state index in [1.54, 1.807) is 23.1 Å². The van der Waals surface area contributed by atoms with Crippen molar-refractivity contribution in [1.29, 1.82) is 0 Å². The van der Waals surface area contributed by atoms with Crippen LogP contribution in [0.1, 0.15) is 18.4 Å². The molecule has 0 spiro atoms. The molecular formula is C15H20N2O4. The van der Waals surface area contributed by atoms with Gasteiger partial charge in [-0.2, -0.15) is 0 Å². The second kappa shape index (κ2) is 6.97. The highest BCUT2D eigenvalue weighted by molar-refractivity contribution is 5.75. The number of likely N-dealkylation sites (tertiary alicyclic amines) is 1. The molecule has 1 saturated heterocycles. The summed E-state index contributed by atoms with van der Waals surface area (Å²) in [5.41, 5.74) is 0.958. The Bertz CT molecular complexity index is 510. The summed E-state index contributed by atoms with van der Waals surface area (Å²) < 4.78 is 0. The van der Waals surface area contributed by atoms with Crippen molar-refractivity contribution >= 4 is 12.0 Å². The first-order valence-electron chi connectivity index (χ1n) is 7.10. The minimum atomic E-state index is -0.779. The number of nitrogens with one attached hydrogen (secondary N) is 1. The largest absolute Gasteiger partial charge is 0.508 e. The first kappa shape index (κ1) is 15.2. The zero-order valence-corrected chi connectivity index (χ0v) is 11.8. The predicted octanol–water partition coefficient (Wildman–Crippen LogP) is 1.44. The summed E-state index contributed by atoms with van der Waals surface area (Å²) in [4.78, 5) is 24.5. The van der Waals surface area contributed by atoms with E-state index < -0.39 is 5.97 Å². The molecule has 0 radical (unpaired) electrons. The number of carbonyl (C=O) groups is 2. The van der Waals surface area contributed by atoms with Gasteiger partial charge < -0.3 is 20.4 Å². The number of rotatable bonds is 4. The fraction of sp³-hybridized carbons (Fsp3) is 0.467. The molecule has 2 amide bonds. The number of aromatic hydroxyl groups is 1. The fourth-order valence-corrected chi connectivity index (χ4v) is 2.47. The zero-order valence-electron chi connectivity index (χ0n) is 11.8. The Kier molecular flexibility index (Phi) is 5.03. The van der Waals surface area contributed by atoms with Crippen molar-refractivity contribution in [2.75, 3.05) is 19.6 Å². The molecule has 1 aliphatic heterocycles. The molecule has 1 aliphatic rings. The number of aliphatic carboxylic acids is 1. The number of carbonyl (C=O) groups excluding carboxylic acids is 1. The summed E-state index contributed by atoms with van der Waals surface area (Å²) in [7, 11) is 0. The van der Waals surface area contributed by atoms with Crippen LogP contribution >= 0.6 is 0 Å². The zero-order chi connectivity index (χ0) is 15.2. The number of phenols is 1. The summed E-state index contributed by atoms with van der Waals surface area (Å²) in [5, 5.41) is 21.1. The normalized spacial score (nSPS) is 15.7. The van der Waals surface area contributed by atoms with Gasteiger partial charge in [-0.05, 0) is 37.0 Å². The number of hydrogen-bond donors (Lipinski definition) is 3. The van der Waals surface area contributed by atoms with Gasteiger partial charge in [-0.3, -0.25) is 4.79 Å². The number of benzene rings is 1. The number of urea groups is 1. The molecule has 0 saturated carbocycles. The van der Waals surface area contributed by atoms with Gasteiger partial charge in [-0.15, -0.1) is 0 Å². The average Bonchev–Trinajstić information content (AvgIpc) is 2.47. The lowest BCUT2D eigenvalue weighted by Crippen LogP contribution is -2.45. The quantitative estimate of drug-likeness (QED) is 0.783. The number of carboxylic acids is 1. The second-order valence-corrected chi connectivity index (χ2v) is 5.25. The van der Waals surface area contributed by atoms with Crippen molar-refractivity contribution in [2.45, 2.75) is 19.3 Å². The van der Waals surface area contributed by atoms with Crippen LogP contribution in [0.25, 0.3) is 0 Å². The van der Waals surface area contributed by atoms with Gasteiger partial charge in [0.1, 0.15) is 5.75 Å². The molecule has 0 atom stereocenters. The van der Waals surface area contributed by atoms with E-state index in [1.165, 1.54) is 0 Å². The highest BCUT2D eigenvalue weighted by Gasteiger charge is 2.26. The second-order valence-electron chi connectivity index (χ2n) is 5.25. The van der Waals surface area contributed by atoms with Crippen LogP contribution in [0.5, 0.6) is 5.75 Å². The molecule has 114 valence electrons. The molecule has 1 fully saturated rings. The highest BCUT2D eigenvalue weighted by atomic mass is 16.4. The van der Waals surface area contributed by atoms with E-state index in [0.717, 1.165) is 5.56 Å². The predicted molar refractivity (Wildman–Crippen MR) is 77.1 cm³/mol. The first-order valence-corrected chi connectivity index (χ1v) is 7.10. The van der Waals surface area contributed by atoms with E-state index >= 15 is 0 Å². The lowest BCUT2D eigenvalue weighted by Gasteiger charge is -2.30. The third-order valence-electron chi connectivity index (χ3n) is 3.73. The molecule has 1 aromatic rings. The fourth-order valence-electron chi connectivity index (χ4n) is 2.47. The van der Waals surface area contributed by atoms with Gasteiger partial charge in [-0.1, -0.05) is 12.1 Å². The van der Waals surface area contributed by atoms with Gasteiger partial charge in [0.15, 0.2) is 0 Å². The van der Waals surface area contributed by atoms with Crippen LogP contribution in [0.15, 0.2) is 24.3 Å². The number of nitrogens with zero attached hydrogens (tertiary/aromatic N) is 1. The first-order chi connectivity index (χ1) is 10.1. The lowest BCUT2D eigenvalue weighted by atomic mass is 9.97. The average molecular weight is 292 g/mol. The van der Waals surface area contributed by atoms with Crippen LogP contribution in [0.2, 0.25) is 0 Å². The highest BCUT2D eigenvalue weighted by Crippen LogP contribution is 2.17. The Morgan fingerprint density at radius 3 is 2.62 bits per heavy atom. The van der Waals surface area contributed by atoms with Crippen molar-refractivity contribution in [1.82, 2.24) is 10.2 Å². The van der Waals surface area contributed by atoms with Gasteiger partial charge in [0.25, 0.3) is 0 Å². The molecule has 6 heteroatoms. The van der Waals surface area contributed by atoms with Gasteiger partial charge in [-0.25, -0.2) is 4.79 Å². The molecule has 0 unspecified atom stereocenters. The topological polar surface area (TPSA) is 89.9 Å². The van der Waals surface area contributed by atoms with Gasteiger partial charge >= 0.3 is 12.0 Å². The van der Waals surface area contributed by atoms with Crippen molar-refractivity contribution in [3.8, 4) is 5.75 Å². The molecule has 1 aromatic carbocycles. The number of hydrogen-bond acceptors (Lipinski definition) is 3. The van der Waals surface area contributed by atoms with Crippen molar-refractivity contribution in [2.24, 2.45) is 5.92 Å². The van der Waals surface area contributed by atoms with Crippen LogP contribution in [0, 0.1) is 5.92 Å². The molecule has 0 aromatic heterocycles. The number of carboxylic acid groups (broad SMARTS) is 1. The van der Waals surface area contributed by atoms with E-state index in [4.69, 9.17) is 5.11 Å². The summed E-state index contributed by atoms with van der Waals surface area (Å²) in [6.07, 6.45) is 1.66. The van der Waals surface area contributed by atoms with E-state index in [0.29, 0.717) is 38.9 Å². The van der Waals surface area contributed by atoms with Crippen LogP contribution in [0.3, 0.4) is 0 Å².